The number of benzene rings is 1. The van der Waals surface area contributed by atoms with Gasteiger partial charge in [-0.2, -0.15) is 21.6 Å². The number of thiophene rings is 1. The zero-order valence-electron chi connectivity index (χ0n) is 14.6. The third kappa shape index (κ3) is 4.57. The van der Waals surface area contributed by atoms with Crippen molar-refractivity contribution in [2.75, 3.05) is 11.0 Å². The summed E-state index contributed by atoms with van der Waals surface area (Å²) < 4.78 is 62.2. The molecule has 0 aliphatic heterocycles. The van der Waals surface area contributed by atoms with E-state index in [-0.39, 0.29) is 11.5 Å². The lowest BCUT2D eigenvalue weighted by atomic mass is 10.1. The van der Waals surface area contributed by atoms with Gasteiger partial charge in [-0.25, -0.2) is 4.98 Å². The maximum atomic E-state index is 12.5. The Morgan fingerprint density at radius 2 is 1.93 bits per heavy atom. The van der Waals surface area contributed by atoms with E-state index in [1.54, 1.807) is 11.4 Å². The smallest absolute Gasteiger partial charge is 0.383 e. The number of nitrogens with two attached hydrogens (primary N) is 1. The summed E-state index contributed by atoms with van der Waals surface area (Å²) in [4.78, 5) is 5.20. The zero-order valence-corrected chi connectivity index (χ0v) is 17.8. The van der Waals surface area contributed by atoms with E-state index in [1.807, 2.05) is 6.26 Å². The van der Waals surface area contributed by atoms with Crippen LogP contribution in [0.4, 0.5) is 18.9 Å². The number of nitrogen functional groups attached to an aromatic ring is 1. The summed E-state index contributed by atoms with van der Waals surface area (Å²) in [5.41, 5.74) is 2.05. The van der Waals surface area contributed by atoms with Gasteiger partial charge in [0.1, 0.15) is 10.8 Å². The van der Waals surface area contributed by atoms with E-state index in [2.05, 4.69) is 4.98 Å². The molecule has 0 aliphatic rings. The van der Waals surface area contributed by atoms with Gasteiger partial charge in [0, 0.05) is 22.2 Å². The first-order valence-electron chi connectivity index (χ1n) is 7.69. The van der Waals surface area contributed by atoms with Gasteiger partial charge in [0.25, 0.3) is 0 Å². The fourth-order valence-electron chi connectivity index (χ4n) is 2.26. The molecular formula is C16H13F3N4O2S4. The largest absolute Gasteiger partial charge is 0.516 e. The molecule has 0 saturated heterocycles. The molecule has 6 nitrogen and oxygen atoms in total. The summed E-state index contributed by atoms with van der Waals surface area (Å²) in [5, 5.41) is 10.1. The molecule has 0 aliphatic carbocycles. The van der Waals surface area contributed by atoms with E-state index in [0.717, 1.165) is 14.8 Å². The van der Waals surface area contributed by atoms with E-state index >= 15 is 0 Å². The lowest BCUT2D eigenvalue weighted by molar-refractivity contribution is -0.0429. The molecule has 0 saturated carbocycles. The summed E-state index contributed by atoms with van der Waals surface area (Å²) >= 11 is 4.30. The van der Waals surface area contributed by atoms with Crippen LogP contribution in [0.3, 0.4) is 0 Å². The summed E-state index contributed by atoms with van der Waals surface area (Å²) in [6.07, 6.45) is 1.91. The topological polar surface area (TPSA) is 109 Å². The first-order chi connectivity index (χ1) is 13.5. The Balaban J connectivity index is 1.85. The number of nitrogens with one attached hydrogen (secondary N) is 2. The van der Waals surface area contributed by atoms with Crippen LogP contribution >= 0.6 is 34.4 Å². The maximum Gasteiger partial charge on any atom is 0.516 e. The molecule has 154 valence electrons. The summed E-state index contributed by atoms with van der Waals surface area (Å²) in [6, 6.07) is 7.25. The second kappa shape index (κ2) is 7.97. The summed E-state index contributed by atoms with van der Waals surface area (Å²) in [5.74, 6) is -0.0229. The highest BCUT2D eigenvalue weighted by Crippen LogP contribution is 2.40. The number of rotatable bonds is 6. The van der Waals surface area contributed by atoms with Crippen LogP contribution < -0.4 is 10.5 Å². The third-order valence-electron chi connectivity index (χ3n) is 3.62. The van der Waals surface area contributed by atoms with Crippen LogP contribution in [0.25, 0.3) is 21.8 Å². The molecule has 0 atom stereocenters. The van der Waals surface area contributed by atoms with Crippen molar-refractivity contribution in [2.24, 2.45) is 5.73 Å². The van der Waals surface area contributed by atoms with Crippen LogP contribution in [-0.2, 0) is 10.0 Å². The monoisotopic (exact) mass is 478 g/mol. The predicted octanol–water partition coefficient (Wildman–Crippen LogP) is 4.81. The number of anilines is 1. The Kier molecular flexibility index (Phi) is 5.94. The zero-order chi connectivity index (χ0) is 21.4. The van der Waals surface area contributed by atoms with Gasteiger partial charge in [-0.1, -0.05) is 12.1 Å². The Morgan fingerprint density at radius 3 is 2.48 bits per heavy atom. The highest BCUT2D eigenvalue weighted by Gasteiger charge is 2.46. The molecule has 29 heavy (non-hydrogen) atoms. The molecular weight excluding hydrogens is 465 g/mol. The highest BCUT2D eigenvalue weighted by atomic mass is 32.2. The minimum Gasteiger partial charge on any atom is -0.383 e. The average molecular weight is 479 g/mol. The Labute approximate surface area is 176 Å². The van der Waals surface area contributed by atoms with Crippen LogP contribution in [0.5, 0.6) is 0 Å². The standard InChI is InChI=1S/C16H13F3N4O2S4/c1-26-15-10(6-12(28-15)13(20)21)14-22-11(7-27-14)8-2-4-9(5-3-8)23-29(24,25)16(17,18)19/h2-7,23H,1H3,(H3,20,21). The minimum atomic E-state index is -5.46. The molecule has 2 heterocycles. The fourth-order valence-corrected chi connectivity index (χ4v) is 5.53. The molecule has 0 fully saturated rings. The third-order valence-corrected chi connectivity index (χ3v) is 7.91. The molecule has 3 rings (SSSR count). The minimum absolute atomic E-state index is 0.0229. The van der Waals surface area contributed by atoms with Crippen molar-refractivity contribution in [1.29, 1.82) is 5.41 Å². The van der Waals surface area contributed by atoms with Crippen LogP contribution in [0.15, 0.2) is 39.9 Å². The van der Waals surface area contributed by atoms with Gasteiger partial charge in [-0.3, -0.25) is 10.1 Å². The number of hydrogen-bond acceptors (Lipinski definition) is 7. The second-order valence-corrected chi connectivity index (χ2v) is 10.3. The van der Waals surface area contributed by atoms with E-state index in [0.29, 0.717) is 16.1 Å². The Bertz CT molecular complexity index is 1150. The van der Waals surface area contributed by atoms with Crippen molar-refractivity contribution in [2.45, 2.75) is 9.72 Å². The molecule has 0 amide bonds. The molecule has 1 aromatic carbocycles. The van der Waals surface area contributed by atoms with E-state index in [9.17, 15) is 21.6 Å². The average Bonchev–Trinajstić information content (AvgIpc) is 3.28. The van der Waals surface area contributed by atoms with Gasteiger partial charge in [-0.15, -0.1) is 34.4 Å². The van der Waals surface area contributed by atoms with Gasteiger partial charge in [0.2, 0.25) is 0 Å². The van der Waals surface area contributed by atoms with Gasteiger partial charge in [0.05, 0.1) is 14.8 Å². The molecule has 13 heteroatoms. The number of hydrogen-bond donors (Lipinski definition) is 3. The maximum absolute atomic E-state index is 12.5. The van der Waals surface area contributed by atoms with Crippen molar-refractivity contribution in [3.63, 3.8) is 0 Å². The SMILES string of the molecule is CSc1sc(C(=N)N)cc1-c1nc(-c2ccc(NS(=O)(=O)C(F)(F)F)cc2)cs1. The number of sulfonamides is 1. The summed E-state index contributed by atoms with van der Waals surface area (Å²) in [7, 11) is -5.46. The number of alkyl halides is 3. The van der Waals surface area contributed by atoms with Crippen LogP contribution in [-0.4, -0.2) is 31.0 Å². The van der Waals surface area contributed by atoms with Gasteiger partial charge < -0.3 is 5.73 Å². The molecule has 2 aromatic heterocycles. The molecule has 4 N–H and O–H groups in total. The number of nitrogens with zero attached hydrogens (tertiary/aromatic N) is 1. The Morgan fingerprint density at radius 1 is 1.28 bits per heavy atom. The van der Waals surface area contributed by atoms with E-state index < -0.39 is 15.5 Å². The lowest BCUT2D eigenvalue weighted by Crippen LogP contribution is -2.29. The molecule has 0 radical (unpaired) electrons. The van der Waals surface area contributed by atoms with Crippen molar-refractivity contribution in [3.8, 4) is 21.8 Å². The van der Waals surface area contributed by atoms with Gasteiger partial charge in [-0.05, 0) is 24.5 Å². The number of amidine groups is 1. The van der Waals surface area contributed by atoms with Crippen LogP contribution in [0.1, 0.15) is 4.88 Å². The first kappa shape index (κ1) is 21.6. The number of halogens is 3. The van der Waals surface area contributed by atoms with Crippen LogP contribution in [0, 0.1) is 5.41 Å². The van der Waals surface area contributed by atoms with E-state index in [4.69, 9.17) is 11.1 Å². The van der Waals surface area contributed by atoms with Crippen molar-refractivity contribution in [1.82, 2.24) is 4.98 Å². The normalized spacial score (nSPS) is 12.1. The fraction of sp³-hybridized carbons (Fsp3) is 0.125. The summed E-state index contributed by atoms with van der Waals surface area (Å²) in [6.45, 7) is 0. The second-order valence-electron chi connectivity index (χ2n) is 5.60. The first-order valence-corrected chi connectivity index (χ1v) is 12.1. The molecule has 0 bridgehead atoms. The number of thiazole rings is 1. The highest BCUT2D eigenvalue weighted by molar-refractivity contribution is 8.00. The van der Waals surface area contributed by atoms with Gasteiger partial charge >= 0.3 is 15.5 Å². The Hall–Kier alpha value is -2.09. The number of aromatic nitrogens is 1. The number of thioether (sulfide) groups is 1. The van der Waals surface area contributed by atoms with Crippen molar-refractivity contribution < 1.29 is 21.6 Å². The van der Waals surface area contributed by atoms with Crippen molar-refractivity contribution in [3.05, 3.63) is 40.6 Å². The molecule has 0 unspecified atom stereocenters. The lowest BCUT2D eigenvalue weighted by Gasteiger charge is -2.10. The van der Waals surface area contributed by atoms with E-state index in [1.165, 1.54) is 63.4 Å². The van der Waals surface area contributed by atoms with Gasteiger partial charge in [0.15, 0.2) is 0 Å². The quantitative estimate of drug-likeness (QED) is 0.268. The van der Waals surface area contributed by atoms with Crippen molar-refractivity contribution >= 4 is 56.0 Å². The molecule has 0 spiro atoms. The molecule has 3 aromatic rings. The van der Waals surface area contributed by atoms with Crippen LogP contribution in [0.2, 0.25) is 0 Å². The predicted molar refractivity (Wildman–Crippen MR) is 112 cm³/mol.